The molecule has 158 valence electrons. The normalized spacial score (nSPS) is 25.1. The van der Waals surface area contributed by atoms with E-state index in [0.717, 1.165) is 60.9 Å². The van der Waals surface area contributed by atoms with Crippen LogP contribution in [-0.2, 0) is 11.2 Å². The third kappa shape index (κ3) is 2.64. The summed E-state index contributed by atoms with van der Waals surface area (Å²) in [5.74, 6) is -0.784. The number of nitro benzene ring substituents is 1. The van der Waals surface area contributed by atoms with Crippen LogP contribution in [0.5, 0.6) is 0 Å². The third-order valence-corrected chi connectivity index (χ3v) is 7.44. The number of carbonyl (C=O) groups is 1. The highest BCUT2D eigenvalue weighted by Gasteiger charge is 2.50. The highest BCUT2D eigenvalue weighted by atomic mass is 16.6. The summed E-state index contributed by atoms with van der Waals surface area (Å²) in [5, 5.41) is 21.8. The molecule has 3 aliphatic heterocycles. The summed E-state index contributed by atoms with van der Waals surface area (Å²) in [7, 11) is 0. The van der Waals surface area contributed by atoms with Crippen LogP contribution in [0, 0.1) is 15.5 Å². The molecule has 1 aromatic heterocycles. The Morgan fingerprint density at radius 3 is 2.93 bits per heavy atom. The second-order valence-corrected chi connectivity index (χ2v) is 8.89. The molecule has 7 nitrogen and oxygen atoms in total. The molecule has 0 radical (unpaired) electrons. The van der Waals surface area contributed by atoms with Crippen LogP contribution in [0.15, 0.2) is 24.3 Å². The van der Waals surface area contributed by atoms with E-state index in [1.54, 1.807) is 12.1 Å². The minimum atomic E-state index is -0.784. The van der Waals surface area contributed by atoms with E-state index in [0.29, 0.717) is 12.8 Å². The first-order valence-corrected chi connectivity index (χ1v) is 11.0. The maximum absolute atomic E-state index is 11.8. The summed E-state index contributed by atoms with van der Waals surface area (Å²) >= 11 is 0. The highest BCUT2D eigenvalue weighted by molar-refractivity contribution is 5.96. The molecule has 2 unspecified atom stereocenters. The van der Waals surface area contributed by atoms with Gasteiger partial charge in [0.25, 0.3) is 5.69 Å². The Morgan fingerprint density at radius 1 is 1.37 bits per heavy atom. The van der Waals surface area contributed by atoms with Crippen molar-refractivity contribution in [2.24, 2.45) is 5.41 Å². The molecule has 0 aliphatic carbocycles. The van der Waals surface area contributed by atoms with Gasteiger partial charge >= 0.3 is 5.97 Å². The van der Waals surface area contributed by atoms with Crippen molar-refractivity contribution in [1.82, 2.24) is 9.47 Å². The van der Waals surface area contributed by atoms with E-state index in [1.807, 2.05) is 6.07 Å². The van der Waals surface area contributed by atoms with Gasteiger partial charge in [-0.1, -0.05) is 19.1 Å². The largest absolute Gasteiger partial charge is 0.481 e. The number of fused-ring (bicyclic) bond motifs is 3. The number of aliphatic carboxylic acids is 1. The molecule has 1 fully saturated rings. The van der Waals surface area contributed by atoms with Gasteiger partial charge in [-0.05, 0) is 56.7 Å². The number of rotatable bonds is 6. The van der Waals surface area contributed by atoms with Gasteiger partial charge in [-0.3, -0.25) is 19.8 Å². The number of piperidine rings is 1. The van der Waals surface area contributed by atoms with Crippen LogP contribution in [0.4, 0.5) is 5.69 Å². The van der Waals surface area contributed by atoms with Crippen LogP contribution in [0.1, 0.15) is 62.7 Å². The Morgan fingerprint density at radius 2 is 2.20 bits per heavy atom. The number of allylic oxidation sites excluding steroid dienone is 1. The zero-order valence-corrected chi connectivity index (χ0v) is 17.3. The lowest BCUT2D eigenvalue weighted by molar-refractivity contribution is -0.383. The summed E-state index contributed by atoms with van der Waals surface area (Å²) in [6, 6.07) is 5.61. The van der Waals surface area contributed by atoms with Crippen molar-refractivity contribution < 1.29 is 14.8 Å². The van der Waals surface area contributed by atoms with Crippen molar-refractivity contribution in [2.75, 3.05) is 13.1 Å². The van der Waals surface area contributed by atoms with Gasteiger partial charge in [0, 0.05) is 35.8 Å². The quantitative estimate of drug-likeness (QED) is 0.549. The molecule has 30 heavy (non-hydrogen) atoms. The summed E-state index contributed by atoms with van der Waals surface area (Å²) in [6.07, 6.45) is 7.86. The molecule has 2 aromatic rings. The van der Waals surface area contributed by atoms with E-state index in [9.17, 15) is 14.9 Å². The number of carboxylic acids is 1. The number of benzene rings is 1. The third-order valence-electron chi connectivity index (χ3n) is 7.44. The standard InChI is InChI=1S/C23H27N3O4/c1-2-23-11-5-12-24-13-10-16-20-17(7-4-8-18(20)26(29)30)25(21(16)22(23)24)15(14-23)6-3-9-19(27)28/h4,7-8,14,22H,2-3,5-6,9-13H2,1H3,(H,27,28). The molecule has 3 aliphatic rings. The molecule has 0 bridgehead atoms. The lowest BCUT2D eigenvalue weighted by Crippen LogP contribution is -2.50. The summed E-state index contributed by atoms with van der Waals surface area (Å²) in [4.78, 5) is 25.3. The average molecular weight is 409 g/mol. The molecule has 1 saturated heterocycles. The molecular formula is C23H27N3O4. The van der Waals surface area contributed by atoms with Crippen LogP contribution in [-0.4, -0.2) is 38.6 Å². The second kappa shape index (κ2) is 6.94. The number of nitrogens with zero attached hydrogens (tertiary/aromatic N) is 3. The Balaban J connectivity index is 1.77. The first-order chi connectivity index (χ1) is 14.5. The summed E-state index contributed by atoms with van der Waals surface area (Å²) < 4.78 is 2.25. The van der Waals surface area contributed by atoms with Gasteiger partial charge in [-0.15, -0.1) is 0 Å². The topological polar surface area (TPSA) is 88.6 Å². The molecule has 1 N–H and O–H groups in total. The number of hydrogen-bond acceptors (Lipinski definition) is 4. The van der Waals surface area contributed by atoms with Crippen LogP contribution in [0.2, 0.25) is 0 Å². The van der Waals surface area contributed by atoms with Crippen molar-refractivity contribution in [2.45, 2.75) is 57.9 Å². The molecular weight excluding hydrogens is 382 g/mol. The SMILES string of the molecule is CCC12C=C(CCCC(=O)O)n3c4c(c5c([N+](=O)[O-])cccc53)CCN(CCC1)C42. The van der Waals surface area contributed by atoms with Crippen molar-refractivity contribution in [3.63, 3.8) is 0 Å². The number of nitro groups is 1. The van der Waals surface area contributed by atoms with E-state index in [2.05, 4.69) is 22.5 Å². The van der Waals surface area contributed by atoms with Gasteiger partial charge in [0.05, 0.1) is 21.9 Å². The summed E-state index contributed by atoms with van der Waals surface area (Å²) in [6.45, 7) is 4.24. The Kier molecular flexibility index (Phi) is 4.47. The number of aromatic nitrogens is 1. The van der Waals surface area contributed by atoms with Crippen molar-refractivity contribution in [1.29, 1.82) is 0 Å². The fourth-order valence-electron chi connectivity index (χ4n) is 6.23. The Bertz CT molecular complexity index is 1090. The molecule has 7 heteroatoms. The van der Waals surface area contributed by atoms with Crippen LogP contribution in [0.25, 0.3) is 16.6 Å². The average Bonchev–Trinajstić information content (AvgIpc) is 3.08. The molecule has 4 heterocycles. The smallest absolute Gasteiger partial charge is 0.303 e. The summed E-state index contributed by atoms with van der Waals surface area (Å²) in [5.41, 5.74) is 4.56. The van der Waals surface area contributed by atoms with E-state index < -0.39 is 5.97 Å². The first-order valence-electron chi connectivity index (χ1n) is 11.0. The van der Waals surface area contributed by atoms with Crippen LogP contribution < -0.4 is 0 Å². The van der Waals surface area contributed by atoms with Gasteiger partial charge in [-0.25, -0.2) is 0 Å². The van der Waals surface area contributed by atoms with Crippen LogP contribution in [0.3, 0.4) is 0 Å². The lowest BCUT2D eigenvalue weighted by Gasteiger charge is -2.53. The minimum absolute atomic E-state index is 0.0190. The fourth-order valence-corrected chi connectivity index (χ4v) is 6.23. The van der Waals surface area contributed by atoms with E-state index >= 15 is 0 Å². The Hall–Kier alpha value is -2.67. The molecule has 0 spiro atoms. The number of non-ortho nitro benzene ring substituents is 1. The fraction of sp³-hybridized carbons (Fsp3) is 0.522. The van der Waals surface area contributed by atoms with Gasteiger partial charge in [0.1, 0.15) is 0 Å². The van der Waals surface area contributed by atoms with Crippen molar-refractivity contribution in [3.8, 4) is 0 Å². The number of hydrogen-bond donors (Lipinski definition) is 1. The molecule has 1 aromatic carbocycles. The van der Waals surface area contributed by atoms with Gasteiger partial charge < -0.3 is 9.67 Å². The van der Waals surface area contributed by atoms with Crippen LogP contribution >= 0.6 is 0 Å². The molecule has 0 saturated carbocycles. The predicted octanol–water partition coefficient (Wildman–Crippen LogP) is 4.75. The van der Waals surface area contributed by atoms with Gasteiger partial charge in [0.2, 0.25) is 0 Å². The van der Waals surface area contributed by atoms with E-state index in [4.69, 9.17) is 5.11 Å². The van der Waals surface area contributed by atoms with Crippen molar-refractivity contribution >= 4 is 28.3 Å². The maximum atomic E-state index is 11.8. The predicted molar refractivity (Wildman–Crippen MR) is 114 cm³/mol. The maximum Gasteiger partial charge on any atom is 0.303 e. The van der Waals surface area contributed by atoms with E-state index in [1.165, 1.54) is 5.69 Å². The van der Waals surface area contributed by atoms with Gasteiger partial charge in [0.15, 0.2) is 0 Å². The second-order valence-electron chi connectivity index (χ2n) is 8.89. The van der Waals surface area contributed by atoms with Gasteiger partial charge in [-0.2, -0.15) is 0 Å². The molecule has 5 rings (SSSR count). The highest BCUT2D eigenvalue weighted by Crippen LogP contribution is 2.58. The van der Waals surface area contributed by atoms with E-state index in [-0.39, 0.29) is 28.5 Å². The zero-order valence-electron chi connectivity index (χ0n) is 17.3. The van der Waals surface area contributed by atoms with Crippen molar-refractivity contribution in [3.05, 3.63) is 45.6 Å². The molecule has 2 atom stereocenters. The minimum Gasteiger partial charge on any atom is -0.481 e. The first kappa shape index (κ1) is 19.3. The Labute approximate surface area is 175 Å². The number of carboxylic acid groups (broad SMARTS) is 1. The zero-order chi connectivity index (χ0) is 21.0. The lowest BCUT2D eigenvalue weighted by atomic mass is 9.66. The monoisotopic (exact) mass is 409 g/mol. The molecule has 0 amide bonds.